The summed E-state index contributed by atoms with van der Waals surface area (Å²) in [5, 5.41) is 3.41. The molecule has 1 N–H and O–H groups in total. The van der Waals surface area contributed by atoms with Crippen LogP contribution in [0.15, 0.2) is 42.5 Å². The molecular formula is C22H21ClN2O3. The summed E-state index contributed by atoms with van der Waals surface area (Å²) in [4.78, 5) is 38.7. The van der Waals surface area contributed by atoms with Gasteiger partial charge < -0.3 is 10.2 Å². The van der Waals surface area contributed by atoms with Crippen LogP contribution < -0.4 is 10.2 Å². The van der Waals surface area contributed by atoms with Gasteiger partial charge in [0.25, 0.3) is 0 Å². The molecule has 0 saturated heterocycles. The molecule has 1 fully saturated rings. The van der Waals surface area contributed by atoms with Crippen LogP contribution in [0.3, 0.4) is 0 Å². The summed E-state index contributed by atoms with van der Waals surface area (Å²) in [6, 6.07) is 12.3. The van der Waals surface area contributed by atoms with Crippen molar-refractivity contribution >= 4 is 40.6 Å². The van der Waals surface area contributed by atoms with Gasteiger partial charge in [-0.2, -0.15) is 0 Å². The molecule has 1 aliphatic heterocycles. The van der Waals surface area contributed by atoms with E-state index in [1.807, 2.05) is 23.1 Å². The second kappa shape index (κ2) is 7.76. The maximum Gasteiger partial charge on any atom is 0.230 e. The minimum atomic E-state index is -0.222. The number of carbonyl (C=O) groups excluding carboxylic acids is 3. The average Bonchev–Trinajstić information content (AvgIpc) is 3.46. The van der Waals surface area contributed by atoms with Crippen LogP contribution in [0.2, 0.25) is 5.02 Å². The fourth-order valence-electron chi connectivity index (χ4n) is 3.47. The van der Waals surface area contributed by atoms with Crippen LogP contribution in [-0.4, -0.2) is 24.1 Å². The first-order valence-electron chi connectivity index (χ1n) is 9.54. The van der Waals surface area contributed by atoms with Gasteiger partial charge in [-0.15, -0.1) is 0 Å². The Kier molecular flexibility index (Phi) is 5.18. The maximum atomic E-state index is 12.4. The number of carbonyl (C=O) groups is 3. The largest absolute Gasteiger partial charge is 0.326 e. The normalized spacial score (nSPS) is 15.2. The first-order chi connectivity index (χ1) is 13.5. The highest BCUT2D eigenvalue weighted by Gasteiger charge is 2.36. The Bertz CT molecular complexity index is 935. The fraction of sp³-hybridized carbons (Fsp3) is 0.318. The number of fused-ring (bicyclic) bond motifs is 1. The first kappa shape index (κ1) is 18.7. The van der Waals surface area contributed by atoms with Crippen molar-refractivity contribution < 1.29 is 14.4 Å². The summed E-state index contributed by atoms with van der Waals surface area (Å²) in [6.45, 7) is 0.706. The van der Waals surface area contributed by atoms with Crippen molar-refractivity contribution in [2.45, 2.75) is 32.1 Å². The molecule has 2 aliphatic rings. The minimum absolute atomic E-state index is 0.0954. The molecule has 6 heteroatoms. The van der Waals surface area contributed by atoms with Gasteiger partial charge in [-0.25, -0.2) is 0 Å². The second-order valence-corrected chi connectivity index (χ2v) is 7.77. The molecule has 2 amide bonds. The Morgan fingerprint density at radius 1 is 1.04 bits per heavy atom. The molecule has 144 valence electrons. The van der Waals surface area contributed by atoms with Crippen LogP contribution in [0.4, 0.5) is 11.4 Å². The molecular weight excluding hydrogens is 376 g/mol. The molecule has 0 aromatic heterocycles. The van der Waals surface area contributed by atoms with Crippen molar-refractivity contribution in [2.75, 3.05) is 16.8 Å². The van der Waals surface area contributed by atoms with Crippen molar-refractivity contribution in [1.29, 1.82) is 0 Å². The molecule has 1 saturated carbocycles. The molecule has 0 spiro atoms. The average molecular weight is 397 g/mol. The molecule has 0 bridgehead atoms. The lowest BCUT2D eigenvalue weighted by atomic mass is 10.1. The lowest BCUT2D eigenvalue weighted by Crippen LogP contribution is -2.30. The van der Waals surface area contributed by atoms with Gasteiger partial charge in [-0.05, 0) is 61.2 Å². The van der Waals surface area contributed by atoms with E-state index in [0.29, 0.717) is 22.8 Å². The number of anilines is 2. The smallest absolute Gasteiger partial charge is 0.230 e. The number of Topliss-reactive ketones (excluding diaryl/α,β-unsaturated/α-hetero) is 1. The zero-order valence-electron chi connectivity index (χ0n) is 15.4. The van der Waals surface area contributed by atoms with E-state index >= 15 is 0 Å². The number of benzene rings is 2. The van der Waals surface area contributed by atoms with Gasteiger partial charge in [0.05, 0.1) is 0 Å². The molecule has 1 aliphatic carbocycles. The van der Waals surface area contributed by atoms with E-state index in [9.17, 15) is 14.4 Å². The van der Waals surface area contributed by atoms with Crippen LogP contribution in [0.25, 0.3) is 0 Å². The molecule has 0 atom stereocenters. The number of hydrogen-bond donors (Lipinski definition) is 1. The maximum absolute atomic E-state index is 12.4. The number of halogens is 1. The second-order valence-electron chi connectivity index (χ2n) is 7.34. The molecule has 2 aromatic carbocycles. The van der Waals surface area contributed by atoms with Crippen LogP contribution in [-0.2, 0) is 16.0 Å². The molecule has 2 aromatic rings. The summed E-state index contributed by atoms with van der Waals surface area (Å²) >= 11 is 5.82. The Hall–Kier alpha value is -2.66. The fourth-order valence-corrected chi connectivity index (χ4v) is 3.59. The van der Waals surface area contributed by atoms with Gasteiger partial charge in [0.1, 0.15) is 0 Å². The quantitative estimate of drug-likeness (QED) is 0.742. The predicted molar refractivity (Wildman–Crippen MR) is 109 cm³/mol. The summed E-state index contributed by atoms with van der Waals surface area (Å²) in [5.74, 6) is 0.0428. The number of nitrogens with zero attached hydrogens (tertiary/aromatic N) is 1. The van der Waals surface area contributed by atoms with Gasteiger partial charge in [0.15, 0.2) is 5.78 Å². The summed E-state index contributed by atoms with van der Waals surface area (Å²) in [5.41, 5.74) is 3.22. The van der Waals surface area contributed by atoms with E-state index in [1.54, 1.807) is 24.3 Å². The van der Waals surface area contributed by atoms with E-state index in [4.69, 9.17) is 11.6 Å². The third kappa shape index (κ3) is 4.09. The van der Waals surface area contributed by atoms with Crippen molar-refractivity contribution in [2.24, 2.45) is 5.92 Å². The van der Waals surface area contributed by atoms with Gasteiger partial charge >= 0.3 is 0 Å². The minimum Gasteiger partial charge on any atom is -0.326 e. The lowest BCUT2D eigenvalue weighted by molar-refractivity contribution is -0.119. The monoisotopic (exact) mass is 396 g/mol. The first-order valence-corrected chi connectivity index (χ1v) is 9.92. The molecule has 28 heavy (non-hydrogen) atoms. The number of rotatable bonds is 6. The van der Waals surface area contributed by atoms with E-state index in [-0.39, 0.29) is 36.4 Å². The van der Waals surface area contributed by atoms with E-state index in [0.717, 1.165) is 30.5 Å². The lowest BCUT2D eigenvalue weighted by Gasteiger charge is -2.18. The summed E-state index contributed by atoms with van der Waals surface area (Å²) < 4.78 is 0. The summed E-state index contributed by atoms with van der Waals surface area (Å²) in [7, 11) is 0. The van der Waals surface area contributed by atoms with Crippen LogP contribution in [0.1, 0.15) is 41.6 Å². The van der Waals surface area contributed by atoms with E-state index in [1.165, 1.54) is 0 Å². The van der Waals surface area contributed by atoms with Crippen LogP contribution in [0, 0.1) is 5.92 Å². The number of hydrogen-bond acceptors (Lipinski definition) is 3. The van der Waals surface area contributed by atoms with Gasteiger partial charge in [0.2, 0.25) is 11.8 Å². The zero-order valence-corrected chi connectivity index (χ0v) is 16.2. The van der Waals surface area contributed by atoms with Crippen molar-refractivity contribution in [3.8, 4) is 0 Å². The topological polar surface area (TPSA) is 66.5 Å². The third-order valence-electron chi connectivity index (χ3n) is 5.20. The van der Waals surface area contributed by atoms with Crippen molar-refractivity contribution in [1.82, 2.24) is 0 Å². The Labute approximate surface area is 168 Å². The highest BCUT2D eigenvalue weighted by Crippen LogP contribution is 2.37. The Morgan fingerprint density at radius 3 is 2.50 bits per heavy atom. The number of nitrogens with one attached hydrogen (secondary N) is 1. The zero-order chi connectivity index (χ0) is 19.7. The van der Waals surface area contributed by atoms with E-state index in [2.05, 4.69) is 5.32 Å². The number of amides is 2. The van der Waals surface area contributed by atoms with Gasteiger partial charge in [-0.1, -0.05) is 17.7 Å². The molecule has 4 rings (SSSR count). The third-order valence-corrected chi connectivity index (χ3v) is 5.45. The molecule has 0 radical (unpaired) electrons. The SMILES string of the molecule is O=C(CCC(=O)c1ccc(Cl)cc1)Nc1ccc2c(c1)N(C(=O)C1CC1)CC2. The van der Waals surface area contributed by atoms with E-state index < -0.39 is 0 Å². The predicted octanol–water partition coefficient (Wildman–Crippen LogP) is 4.24. The highest BCUT2D eigenvalue weighted by molar-refractivity contribution is 6.30. The number of ketones is 1. The molecule has 5 nitrogen and oxygen atoms in total. The molecule has 0 unspecified atom stereocenters. The van der Waals surface area contributed by atoms with Crippen LogP contribution >= 0.6 is 11.6 Å². The van der Waals surface area contributed by atoms with Crippen LogP contribution in [0.5, 0.6) is 0 Å². The van der Waals surface area contributed by atoms with Gasteiger partial charge in [-0.3, -0.25) is 14.4 Å². The van der Waals surface area contributed by atoms with Crippen molar-refractivity contribution in [3.63, 3.8) is 0 Å². The van der Waals surface area contributed by atoms with Crippen molar-refractivity contribution in [3.05, 3.63) is 58.6 Å². The standard InChI is InChI=1S/C22H21ClN2O3/c23-17-6-3-15(4-7-17)20(26)9-10-21(27)24-18-8-5-14-11-12-25(19(14)13-18)22(28)16-1-2-16/h3-8,13,16H,1-2,9-12H2,(H,24,27). The highest BCUT2D eigenvalue weighted by atomic mass is 35.5. The summed E-state index contributed by atoms with van der Waals surface area (Å²) in [6.07, 6.45) is 3.02. The Morgan fingerprint density at radius 2 is 1.79 bits per heavy atom. The molecule has 1 heterocycles. The van der Waals surface area contributed by atoms with Gasteiger partial charge in [0, 0.05) is 47.3 Å². The Balaban J connectivity index is 1.36.